The first-order valence-corrected chi connectivity index (χ1v) is 21.8. The zero-order chi connectivity index (χ0) is 29.4. The van der Waals surface area contributed by atoms with Gasteiger partial charge in [0, 0.05) is 32.4 Å². The van der Waals surface area contributed by atoms with Crippen LogP contribution in [0.15, 0.2) is 85.2 Å². The predicted octanol–water partition coefficient (Wildman–Crippen LogP) is 9.75. The molecular formula is C36H36GeIrN2S-2. The minimum Gasteiger partial charge on any atom is -0.305 e. The molecule has 211 valence electrons. The van der Waals surface area contributed by atoms with Crippen LogP contribution in [-0.2, 0) is 20.1 Å². The van der Waals surface area contributed by atoms with Gasteiger partial charge in [-0.25, -0.2) is 0 Å². The smallest absolute Gasteiger partial charge is 0.0346 e. The van der Waals surface area contributed by atoms with Gasteiger partial charge in [-0.2, -0.15) is 11.3 Å². The van der Waals surface area contributed by atoms with Crippen molar-refractivity contribution in [2.45, 2.75) is 50.9 Å². The SMILES string of the molecule is Cc1cc(-c2[c-]cccc2)nc[c]1[Ge]([CH3])([CH3])[CH3].[2H]C(C)(C)c1ccnc(-c2[c-]ccc3c2sc2cccc(C)c23)c1.[Ir]. The van der Waals surface area contributed by atoms with Crippen LogP contribution in [0.5, 0.6) is 0 Å². The summed E-state index contributed by atoms with van der Waals surface area (Å²) in [6, 6.07) is 31.3. The summed E-state index contributed by atoms with van der Waals surface area (Å²) in [5, 5.41) is 2.59. The molecule has 1 radical (unpaired) electrons. The van der Waals surface area contributed by atoms with E-state index in [1.165, 1.54) is 35.7 Å². The molecule has 0 amide bonds. The summed E-state index contributed by atoms with van der Waals surface area (Å²) in [7, 11) is 0. The van der Waals surface area contributed by atoms with Gasteiger partial charge >= 0.3 is 106 Å². The molecule has 0 unspecified atom stereocenters. The minimum atomic E-state index is -1.77. The standard InChI is InChI=1S/C21H18NS.C15H18GeN.Ir/c1-13(2)15-10-11-22-18(12-15)16-7-5-8-17-20-14(3)6-4-9-19(20)23-21(16)17;1-12-10-15(13-8-6-5-7-9-13)17-11-14(12)16(2,3)4;/h4-6,8-13H,1-3H3;5-8,10-11H,1-4H3;/q2*-1;/i13D;;. The van der Waals surface area contributed by atoms with E-state index in [4.69, 9.17) is 1.37 Å². The number of nitrogens with zero attached hydrogens (tertiary/aromatic N) is 2. The van der Waals surface area contributed by atoms with Crippen LogP contribution in [0.3, 0.4) is 0 Å². The van der Waals surface area contributed by atoms with Crippen LogP contribution >= 0.6 is 11.3 Å². The number of benzene rings is 3. The molecule has 0 atom stereocenters. The van der Waals surface area contributed by atoms with Crippen molar-refractivity contribution in [1.29, 1.82) is 0 Å². The largest absolute Gasteiger partial charge is 0.305 e. The Labute approximate surface area is 266 Å². The molecule has 0 fully saturated rings. The molecule has 0 saturated carbocycles. The van der Waals surface area contributed by atoms with Crippen molar-refractivity contribution in [3.63, 3.8) is 0 Å². The first-order valence-electron chi connectivity index (χ1n) is 14.2. The number of hydrogen-bond donors (Lipinski definition) is 0. The van der Waals surface area contributed by atoms with E-state index in [2.05, 4.69) is 95.8 Å². The Morgan fingerprint density at radius 1 is 0.854 bits per heavy atom. The molecule has 0 saturated heterocycles. The zero-order valence-electron chi connectivity index (χ0n) is 25.7. The van der Waals surface area contributed by atoms with Gasteiger partial charge in [0.15, 0.2) is 0 Å². The second kappa shape index (κ2) is 13.1. The third kappa shape index (κ3) is 6.89. The second-order valence-corrected chi connectivity index (χ2v) is 23.1. The number of hydrogen-bond acceptors (Lipinski definition) is 3. The van der Waals surface area contributed by atoms with E-state index in [0.29, 0.717) is 0 Å². The van der Waals surface area contributed by atoms with E-state index >= 15 is 0 Å². The maximum absolute atomic E-state index is 8.28. The monoisotopic (exact) mass is 796 g/mol. The van der Waals surface area contributed by atoms with Crippen LogP contribution in [0.4, 0.5) is 0 Å². The quantitative estimate of drug-likeness (QED) is 0.131. The Balaban J connectivity index is 0.000000200. The van der Waals surface area contributed by atoms with E-state index in [9.17, 15) is 0 Å². The fourth-order valence-electron chi connectivity index (χ4n) is 5.08. The summed E-state index contributed by atoms with van der Waals surface area (Å²) in [5.41, 5.74) is 7.66. The average molecular weight is 795 g/mol. The molecule has 41 heavy (non-hydrogen) atoms. The molecule has 6 rings (SSSR count). The maximum atomic E-state index is 8.28. The summed E-state index contributed by atoms with van der Waals surface area (Å²) in [6.07, 6.45) is 3.87. The van der Waals surface area contributed by atoms with E-state index in [0.717, 1.165) is 28.1 Å². The Bertz CT molecular complexity index is 1840. The molecule has 2 nitrogen and oxygen atoms in total. The maximum Gasteiger partial charge on any atom is 0.0346 e. The molecular weight excluding hydrogens is 757 g/mol. The van der Waals surface area contributed by atoms with Crippen LogP contribution in [0.1, 0.15) is 37.8 Å². The number of thiophene rings is 1. The molecule has 6 aromatic rings. The van der Waals surface area contributed by atoms with Crippen molar-refractivity contribution in [2.24, 2.45) is 0 Å². The molecule has 0 spiro atoms. The van der Waals surface area contributed by atoms with Gasteiger partial charge in [0.1, 0.15) is 0 Å². The third-order valence-electron chi connectivity index (χ3n) is 7.16. The van der Waals surface area contributed by atoms with Crippen LogP contribution in [0.25, 0.3) is 42.7 Å². The third-order valence-corrected chi connectivity index (χ3v) is 12.8. The number of rotatable bonds is 4. The predicted molar refractivity (Wildman–Crippen MR) is 176 cm³/mol. The van der Waals surface area contributed by atoms with Gasteiger partial charge in [-0.05, 0) is 46.3 Å². The molecule has 0 aliphatic rings. The summed E-state index contributed by atoms with van der Waals surface area (Å²) in [4.78, 5) is 9.15. The topological polar surface area (TPSA) is 25.8 Å². The van der Waals surface area contributed by atoms with E-state index in [1.54, 1.807) is 17.5 Å². The van der Waals surface area contributed by atoms with Gasteiger partial charge in [0.2, 0.25) is 0 Å². The Morgan fingerprint density at radius 2 is 1.66 bits per heavy atom. The number of aryl methyl sites for hydroxylation is 2. The molecule has 0 N–H and O–H groups in total. The van der Waals surface area contributed by atoms with Crippen LogP contribution < -0.4 is 4.40 Å². The second-order valence-electron chi connectivity index (χ2n) is 11.5. The number of pyridine rings is 2. The van der Waals surface area contributed by atoms with Gasteiger partial charge in [-0.3, -0.25) is 0 Å². The van der Waals surface area contributed by atoms with Crippen LogP contribution in [-0.4, -0.2) is 23.2 Å². The molecule has 3 aromatic heterocycles. The minimum absolute atomic E-state index is 0. The summed E-state index contributed by atoms with van der Waals surface area (Å²) >= 11 is 0.0199. The Kier molecular flexibility index (Phi) is 9.56. The number of fused-ring (bicyclic) bond motifs is 3. The zero-order valence-corrected chi connectivity index (χ0v) is 30.0. The normalized spacial score (nSPS) is 11.9. The Hall–Kier alpha value is -2.63. The van der Waals surface area contributed by atoms with E-state index < -0.39 is 19.2 Å². The molecule has 5 heteroatoms. The first-order chi connectivity index (χ1) is 19.4. The summed E-state index contributed by atoms with van der Waals surface area (Å²) in [5.74, 6) is 6.57. The van der Waals surface area contributed by atoms with E-state index in [-0.39, 0.29) is 20.1 Å². The van der Waals surface area contributed by atoms with Crippen molar-refractivity contribution in [2.75, 3.05) is 0 Å². The van der Waals surface area contributed by atoms with Gasteiger partial charge in [0.05, 0.1) is 0 Å². The summed E-state index contributed by atoms with van der Waals surface area (Å²) in [6.45, 7) is 8.16. The van der Waals surface area contributed by atoms with Gasteiger partial charge in [0.25, 0.3) is 0 Å². The molecule has 3 heterocycles. The van der Waals surface area contributed by atoms with Crippen LogP contribution in [0, 0.1) is 26.0 Å². The van der Waals surface area contributed by atoms with Gasteiger partial charge in [-0.1, -0.05) is 43.0 Å². The molecule has 0 bridgehead atoms. The molecule has 0 aliphatic heterocycles. The van der Waals surface area contributed by atoms with Gasteiger partial charge < -0.3 is 4.98 Å². The number of aromatic nitrogens is 2. The van der Waals surface area contributed by atoms with E-state index in [1.807, 2.05) is 50.2 Å². The van der Waals surface area contributed by atoms with Crippen molar-refractivity contribution in [3.8, 4) is 22.5 Å². The van der Waals surface area contributed by atoms with Crippen molar-refractivity contribution in [3.05, 3.63) is 114 Å². The van der Waals surface area contributed by atoms with Crippen molar-refractivity contribution in [1.82, 2.24) is 9.97 Å². The summed E-state index contributed by atoms with van der Waals surface area (Å²) < 4.78 is 12.3. The van der Waals surface area contributed by atoms with Gasteiger partial charge in [-0.15, -0.1) is 23.8 Å². The first kappa shape index (κ1) is 29.9. The fourth-order valence-corrected chi connectivity index (χ4v) is 9.94. The Morgan fingerprint density at radius 3 is 2.34 bits per heavy atom. The van der Waals surface area contributed by atoms with Crippen molar-refractivity contribution < 1.29 is 21.5 Å². The van der Waals surface area contributed by atoms with Crippen LogP contribution in [0.2, 0.25) is 17.3 Å². The van der Waals surface area contributed by atoms with Crippen molar-refractivity contribution >= 4 is 49.2 Å². The molecule has 0 aliphatic carbocycles. The molecule has 3 aromatic carbocycles. The average Bonchev–Trinajstić information content (AvgIpc) is 3.33. The fraction of sp³-hybridized carbons (Fsp3) is 0.222.